The maximum absolute atomic E-state index is 12.7. The van der Waals surface area contributed by atoms with Crippen LogP contribution < -0.4 is 0 Å². The van der Waals surface area contributed by atoms with E-state index < -0.39 is 28.7 Å². The smallest absolute Gasteiger partial charge is 0.358 e. The Bertz CT molecular complexity index is 386. The molecule has 1 heterocycles. The number of pyridine rings is 1. The Kier molecular flexibility index (Phi) is 3.24. The quantitative estimate of drug-likeness (QED) is 0.365. The first kappa shape index (κ1) is 11.1. The summed E-state index contributed by atoms with van der Waals surface area (Å²) in [5, 5.41) is 10.2. The molecule has 8 heteroatoms. The molecule has 0 aromatic carbocycles. The molecule has 0 N–H and O–H groups in total. The number of aromatic nitrogens is 1. The van der Waals surface area contributed by atoms with Crippen molar-refractivity contribution in [2.75, 3.05) is 0 Å². The van der Waals surface area contributed by atoms with Gasteiger partial charge in [0.2, 0.25) is 0 Å². The fourth-order valence-corrected chi connectivity index (χ4v) is 1.23. The molecule has 0 atom stereocenters. The van der Waals surface area contributed by atoms with E-state index in [1.165, 1.54) is 22.6 Å². The van der Waals surface area contributed by atoms with E-state index in [0.29, 0.717) is 6.07 Å². The molecule has 1 aromatic rings. The second kappa shape index (κ2) is 4.07. The van der Waals surface area contributed by atoms with Gasteiger partial charge in [-0.05, 0) is 38.6 Å². The van der Waals surface area contributed by atoms with E-state index in [0.717, 1.165) is 0 Å². The summed E-state index contributed by atoms with van der Waals surface area (Å²) in [6, 6.07) is 0.714. The summed E-state index contributed by atoms with van der Waals surface area (Å²) < 4.78 is 37.0. The molecule has 0 saturated heterocycles. The minimum Gasteiger partial charge on any atom is -0.358 e. The Morgan fingerprint density at radius 1 is 1.57 bits per heavy atom. The lowest BCUT2D eigenvalue weighted by Crippen LogP contribution is -2.02. The van der Waals surface area contributed by atoms with E-state index in [2.05, 4.69) is 4.98 Å². The predicted molar refractivity (Wildman–Crippen MR) is 48.5 cm³/mol. The van der Waals surface area contributed by atoms with Crippen LogP contribution in [0.15, 0.2) is 6.07 Å². The monoisotopic (exact) mass is 318 g/mol. The van der Waals surface area contributed by atoms with Crippen molar-refractivity contribution in [1.82, 2.24) is 4.98 Å². The van der Waals surface area contributed by atoms with E-state index in [1.807, 2.05) is 0 Å². The van der Waals surface area contributed by atoms with Crippen LogP contribution in [0.3, 0.4) is 0 Å². The third-order valence-electron chi connectivity index (χ3n) is 1.35. The van der Waals surface area contributed by atoms with E-state index in [9.17, 15) is 23.3 Å². The van der Waals surface area contributed by atoms with Crippen molar-refractivity contribution < 1.29 is 18.1 Å². The Morgan fingerprint density at radius 2 is 2.14 bits per heavy atom. The van der Waals surface area contributed by atoms with Crippen molar-refractivity contribution in [1.29, 1.82) is 0 Å². The molecule has 76 valence electrons. The zero-order valence-corrected chi connectivity index (χ0v) is 8.53. The second-order valence-electron chi connectivity index (χ2n) is 2.23. The summed E-state index contributed by atoms with van der Waals surface area (Å²) in [6.45, 7) is 0. The van der Waals surface area contributed by atoms with Crippen LogP contribution in [0.4, 0.5) is 19.0 Å². The van der Waals surface area contributed by atoms with Gasteiger partial charge in [0.25, 0.3) is 6.43 Å². The zero-order valence-electron chi connectivity index (χ0n) is 6.38. The molecule has 0 amide bonds. The molecule has 0 aliphatic carbocycles. The molecule has 4 nitrogen and oxygen atoms in total. The highest BCUT2D eigenvalue weighted by molar-refractivity contribution is 14.1. The third-order valence-corrected chi connectivity index (χ3v) is 2.11. The van der Waals surface area contributed by atoms with Gasteiger partial charge in [-0.25, -0.2) is 8.78 Å². The Labute approximate surface area is 89.4 Å². The molecule has 0 aliphatic rings. The first-order valence-electron chi connectivity index (χ1n) is 3.22. The van der Waals surface area contributed by atoms with Gasteiger partial charge >= 0.3 is 11.8 Å². The van der Waals surface area contributed by atoms with Gasteiger partial charge in [-0.3, -0.25) is 0 Å². The van der Waals surface area contributed by atoms with Crippen LogP contribution in [0.25, 0.3) is 0 Å². The molecule has 0 fully saturated rings. The van der Waals surface area contributed by atoms with Gasteiger partial charge < -0.3 is 10.1 Å². The molecule has 0 bridgehead atoms. The summed E-state index contributed by atoms with van der Waals surface area (Å²) >= 11 is 1.43. The predicted octanol–water partition coefficient (Wildman–Crippen LogP) is 2.67. The van der Waals surface area contributed by atoms with Crippen LogP contribution in [0.1, 0.15) is 12.0 Å². The minimum atomic E-state index is -3.04. The number of alkyl halides is 2. The highest BCUT2D eigenvalue weighted by atomic mass is 127. The summed E-state index contributed by atoms with van der Waals surface area (Å²) in [7, 11) is 0. The topological polar surface area (TPSA) is 56.0 Å². The average molecular weight is 318 g/mol. The van der Waals surface area contributed by atoms with Crippen molar-refractivity contribution in [3.63, 3.8) is 0 Å². The Balaban J connectivity index is 3.39. The number of rotatable bonds is 2. The summed E-state index contributed by atoms with van der Waals surface area (Å²) in [5.41, 5.74) is -0.874. The van der Waals surface area contributed by atoms with E-state index >= 15 is 0 Å². The minimum absolute atomic E-state index is 0.177. The standard InChI is InChI=1S/C6H2F3IN2O2/c7-4(8)2-1-3(10)5(9)11-6(2)12(13)14/h1,4H. The maximum Gasteiger partial charge on any atom is 0.375 e. The van der Waals surface area contributed by atoms with Gasteiger partial charge in [-0.15, -0.1) is 0 Å². The number of hydrogen-bond donors (Lipinski definition) is 0. The van der Waals surface area contributed by atoms with Crippen LogP contribution in [0, 0.1) is 19.6 Å². The summed E-state index contributed by atoms with van der Waals surface area (Å²) in [6.07, 6.45) is -3.04. The molecular formula is C6H2F3IN2O2. The molecule has 0 saturated carbocycles. The van der Waals surface area contributed by atoms with Gasteiger partial charge in [-0.2, -0.15) is 4.39 Å². The van der Waals surface area contributed by atoms with Crippen LogP contribution in [-0.2, 0) is 0 Å². The maximum atomic E-state index is 12.7. The van der Waals surface area contributed by atoms with Gasteiger partial charge in [0.15, 0.2) is 0 Å². The molecular weight excluding hydrogens is 316 g/mol. The van der Waals surface area contributed by atoms with Crippen LogP contribution >= 0.6 is 22.6 Å². The first-order chi connectivity index (χ1) is 6.43. The molecule has 0 aliphatic heterocycles. The van der Waals surface area contributed by atoms with Gasteiger partial charge in [0.1, 0.15) is 5.56 Å². The zero-order chi connectivity index (χ0) is 10.9. The van der Waals surface area contributed by atoms with E-state index in [-0.39, 0.29) is 3.57 Å². The fourth-order valence-electron chi connectivity index (χ4n) is 0.778. The van der Waals surface area contributed by atoms with Crippen molar-refractivity contribution in [3.05, 3.63) is 31.3 Å². The average Bonchev–Trinajstić information content (AvgIpc) is 2.08. The molecule has 0 spiro atoms. The van der Waals surface area contributed by atoms with Crippen LogP contribution in [0.5, 0.6) is 0 Å². The van der Waals surface area contributed by atoms with Crippen molar-refractivity contribution in [3.8, 4) is 0 Å². The van der Waals surface area contributed by atoms with Crippen molar-refractivity contribution in [2.24, 2.45) is 0 Å². The highest BCUT2D eigenvalue weighted by Gasteiger charge is 2.26. The van der Waals surface area contributed by atoms with Crippen molar-refractivity contribution in [2.45, 2.75) is 6.43 Å². The lowest BCUT2D eigenvalue weighted by Gasteiger charge is -2.01. The summed E-state index contributed by atoms with van der Waals surface area (Å²) in [4.78, 5) is 11.9. The van der Waals surface area contributed by atoms with Crippen LogP contribution in [0.2, 0.25) is 0 Å². The second-order valence-corrected chi connectivity index (χ2v) is 3.39. The Hall–Kier alpha value is -0.930. The van der Waals surface area contributed by atoms with Gasteiger partial charge in [0.05, 0.1) is 3.57 Å². The first-order valence-corrected chi connectivity index (χ1v) is 4.30. The molecule has 0 radical (unpaired) electrons. The largest absolute Gasteiger partial charge is 0.375 e. The third kappa shape index (κ3) is 2.11. The molecule has 14 heavy (non-hydrogen) atoms. The number of halogens is 4. The van der Waals surface area contributed by atoms with E-state index in [4.69, 9.17) is 0 Å². The van der Waals surface area contributed by atoms with E-state index in [1.54, 1.807) is 0 Å². The molecule has 1 rings (SSSR count). The number of nitro groups is 1. The molecule has 0 unspecified atom stereocenters. The normalized spacial score (nSPS) is 10.6. The highest BCUT2D eigenvalue weighted by Crippen LogP contribution is 2.29. The number of hydrogen-bond acceptors (Lipinski definition) is 3. The van der Waals surface area contributed by atoms with Gasteiger partial charge in [-0.1, -0.05) is 0 Å². The lowest BCUT2D eigenvalue weighted by atomic mass is 10.2. The SMILES string of the molecule is O=[N+]([O-])c1nc(F)c(I)cc1C(F)F. The van der Waals surface area contributed by atoms with Crippen LogP contribution in [-0.4, -0.2) is 9.91 Å². The fraction of sp³-hybridized carbons (Fsp3) is 0.167. The summed E-state index contributed by atoms with van der Waals surface area (Å²) in [5.74, 6) is -2.26. The van der Waals surface area contributed by atoms with Gasteiger partial charge in [0, 0.05) is 0 Å². The lowest BCUT2D eigenvalue weighted by molar-refractivity contribution is -0.391. The van der Waals surface area contributed by atoms with Crippen molar-refractivity contribution >= 4 is 28.4 Å². The molecule has 1 aromatic heterocycles. The number of nitrogens with zero attached hydrogens (tertiary/aromatic N) is 2. The Morgan fingerprint density at radius 3 is 2.57 bits per heavy atom.